The van der Waals surface area contributed by atoms with Crippen LogP contribution in [0.1, 0.15) is 17.5 Å². The van der Waals surface area contributed by atoms with Crippen LogP contribution in [0, 0.1) is 0 Å². The van der Waals surface area contributed by atoms with Gasteiger partial charge in [0.1, 0.15) is 0 Å². The molecule has 1 atom stereocenters. The molecular weight excluding hydrogens is 307 g/mol. The van der Waals surface area contributed by atoms with Gasteiger partial charge in [0, 0.05) is 19.3 Å². The van der Waals surface area contributed by atoms with E-state index >= 15 is 0 Å². The van der Waals surface area contributed by atoms with Gasteiger partial charge >= 0.3 is 7.67 Å². The van der Waals surface area contributed by atoms with Crippen molar-refractivity contribution in [3.8, 4) is 0 Å². The van der Waals surface area contributed by atoms with Crippen molar-refractivity contribution in [2.45, 2.75) is 6.42 Å². The fourth-order valence-corrected chi connectivity index (χ4v) is 4.16. The maximum absolute atomic E-state index is 12.7. The zero-order valence-corrected chi connectivity index (χ0v) is 14.1. The molecule has 1 aliphatic rings. The minimum Gasteiger partial charge on any atom is -0.302 e. The highest BCUT2D eigenvalue weighted by Gasteiger charge is 2.31. The van der Waals surface area contributed by atoms with Crippen LogP contribution < -0.4 is 9.76 Å². The van der Waals surface area contributed by atoms with Crippen molar-refractivity contribution in [1.82, 2.24) is 5.09 Å². The molecule has 0 unspecified atom stereocenters. The molecule has 0 radical (unpaired) electrons. The first-order valence-corrected chi connectivity index (χ1v) is 9.32. The van der Waals surface area contributed by atoms with E-state index in [1.807, 2.05) is 42.5 Å². The third-order valence-corrected chi connectivity index (χ3v) is 6.01. The SMILES string of the molecule is CN(c1ccc(/C=C/c2ccccc2)cc1)[P@@]1(=O)NCCCO1. The van der Waals surface area contributed by atoms with Gasteiger partial charge in [-0.2, -0.15) is 0 Å². The monoisotopic (exact) mass is 328 g/mol. The van der Waals surface area contributed by atoms with Crippen LogP contribution in [0.4, 0.5) is 5.69 Å². The van der Waals surface area contributed by atoms with Gasteiger partial charge < -0.3 is 4.52 Å². The van der Waals surface area contributed by atoms with Crippen molar-refractivity contribution in [2.75, 3.05) is 24.9 Å². The van der Waals surface area contributed by atoms with E-state index in [0.29, 0.717) is 6.61 Å². The number of nitrogens with zero attached hydrogens (tertiary/aromatic N) is 1. The molecule has 1 saturated heterocycles. The molecule has 0 amide bonds. The largest absolute Gasteiger partial charge is 0.368 e. The topological polar surface area (TPSA) is 41.6 Å². The van der Waals surface area contributed by atoms with Crippen molar-refractivity contribution in [2.24, 2.45) is 0 Å². The van der Waals surface area contributed by atoms with Crippen LogP contribution in [-0.4, -0.2) is 20.2 Å². The molecule has 1 fully saturated rings. The summed E-state index contributed by atoms with van der Waals surface area (Å²) in [5, 5.41) is 3.00. The lowest BCUT2D eigenvalue weighted by Gasteiger charge is -2.32. The van der Waals surface area contributed by atoms with Gasteiger partial charge in [-0.3, -0.25) is 4.67 Å². The predicted octanol–water partition coefficient (Wildman–Crippen LogP) is 4.41. The Bertz CT molecular complexity index is 704. The summed E-state index contributed by atoms with van der Waals surface area (Å²) in [4.78, 5) is 0. The third kappa shape index (κ3) is 3.91. The number of hydrogen-bond acceptors (Lipinski definition) is 2. The van der Waals surface area contributed by atoms with Crippen LogP contribution >= 0.6 is 7.67 Å². The summed E-state index contributed by atoms with van der Waals surface area (Å²) in [5.74, 6) is 0. The molecule has 1 N–H and O–H groups in total. The summed E-state index contributed by atoms with van der Waals surface area (Å²) in [6.07, 6.45) is 5.03. The third-order valence-electron chi connectivity index (χ3n) is 3.83. The second-order valence-corrected chi connectivity index (χ2v) is 7.69. The van der Waals surface area contributed by atoms with E-state index in [1.54, 1.807) is 11.7 Å². The maximum Gasteiger partial charge on any atom is 0.368 e. The quantitative estimate of drug-likeness (QED) is 0.667. The Hall–Kier alpha value is -1.87. The highest BCUT2D eigenvalue weighted by molar-refractivity contribution is 7.58. The van der Waals surface area contributed by atoms with Crippen molar-refractivity contribution in [1.29, 1.82) is 0 Å². The Morgan fingerprint density at radius 2 is 1.70 bits per heavy atom. The summed E-state index contributed by atoms with van der Waals surface area (Å²) in [6.45, 7) is 1.26. The van der Waals surface area contributed by atoms with Gasteiger partial charge in [0.05, 0.1) is 6.61 Å². The molecule has 0 aliphatic carbocycles. The van der Waals surface area contributed by atoms with Gasteiger partial charge in [-0.1, -0.05) is 54.6 Å². The van der Waals surface area contributed by atoms with Crippen molar-refractivity contribution >= 4 is 25.5 Å². The molecule has 5 heteroatoms. The predicted molar refractivity (Wildman–Crippen MR) is 96.4 cm³/mol. The number of anilines is 1. The van der Waals surface area contributed by atoms with Crippen molar-refractivity contribution < 1.29 is 9.09 Å². The summed E-state index contributed by atoms with van der Waals surface area (Å²) in [7, 11) is -1.14. The Morgan fingerprint density at radius 3 is 2.30 bits per heavy atom. The average molecular weight is 328 g/mol. The molecule has 0 aromatic heterocycles. The van der Waals surface area contributed by atoms with Crippen LogP contribution in [0.3, 0.4) is 0 Å². The van der Waals surface area contributed by atoms with Crippen LogP contribution in [0.15, 0.2) is 54.6 Å². The van der Waals surface area contributed by atoms with Gasteiger partial charge in [-0.25, -0.2) is 9.65 Å². The average Bonchev–Trinajstić information content (AvgIpc) is 2.61. The summed E-state index contributed by atoms with van der Waals surface area (Å²) >= 11 is 0. The molecule has 0 bridgehead atoms. The minimum absolute atomic E-state index is 0.534. The van der Waals surface area contributed by atoms with Gasteiger partial charge in [-0.15, -0.1) is 0 Å². The number of nitrogens with one attached hydrogen (secondary N) is 1. The lowest BCUT2D eigenvalue weighted by atomic mass is 10.1. The molecule has 120 valence electrons. The number of rotatable bonds is 4. The van der Waals surface area contributed by atoms with E-state index in [4.69, 9.17) is 4.52 Å². The van der Waals surface area contributed by atoms with Crippen LogP contribution in [0.25, 0.3) is 12.2 Å². The second-order valence-electron chi connectivity index (χ2n) is 5.47. The molecule has 0 spiro atoms. The Balaban J connectivity index is 1.72. The molecule has 2 aromatic carbocycles. The molecule has 0 saturated carbocycles. The van der Waals surface area contributed by atoms with Crippen LogP contribution in [0.2, 0.25) is 0 Å². The van der Waals surface area contributed by atoms with Crippen molar-refractivity contribution in [3.63, 3.8) is 0 Å². The van der Waals surface area contributed by atoms with E-state index in [0.717, 1.165) is 29.8 Å². The number of hydrogen-bond donors (Lipinski definition) is 1. The summed E-state index contributed by atoms with van der Waals surface area (Å²) < 4.78 is 19.9. The van der Waals surface area contributed by atoms with E-state index < -0.39 is 7.67 Å². The second kappa shape index (κ2) is 7.14. The van der Waals surface area contributed by atoms with E-state index in [9.17, 15) is 4.57 Å². The van der Waals surface area contributed by atoms with E-state index in [-0.39, 0.29) is 0 Å². The zero-order valence-electron chi connectivity index (χ0n) is 13.2. The fraction of sp³-hybridized carbons (Fsp3) is 0.222. The Labute approximate surface area is 137 Å². The molecular formula is C18H21N2O2P. The standard InChI is InChI=1S/C18H21N2O2P/c1-20(23(21)19-14-5-15-22-23)18-12-10-17(11-13-18)9-8-16-6-3-2-4-7-16/h2-4,6-13H,5,14-15H2,1H3,(H,19,21)/b9-8+/t23-/m1/s1. The molecule has 1 aliphatic heterocycles. The lowest BCUT2D eigenvalue weighted by molar-refractivity contribution is 0.276. The lowest BCUT2D eigenvalue weighted by Crippen LogP contribution is -2.31. The maximum atomic E-state index is 12.7. The van der Waals surface area contributed by atoms with Crippen molar-refractivity contribution in [3.05, 3.63) is 65.7 Å². The van der Waals surface area contributed by atoms with Gasteiger partial charge in [0.25, 0.3) is 0 Å². The summed E-state index contributed by atoms with van der Waals surface area (Å²) in [5.41, 5.74) is 3.14. The molecule has 2 aromatic rings. The normalized spacial score (nSPS) is 21.4. The minimum atomic E-state index is -2.94. The highest BCUT2D eigenvalue weighted by Crippen LogP contribution is 2.49. The molecule has 4 nitrogen and oxygen atoms in total. The molecule has 1 heterocycles. The molecule has 3 rings (SSSR count). The fourth-order valence-electron chi connectivity index (χ4n) is 2.43. The van der Waals surface area contributed by atoms with Gasteiger partial charge in [0.15, 0.2) is 0 Å². The highest BCUT2D eigenvalue weighted by atomic mass is 31.2. The van der Waals surface area contributed by atoms with E-state index in [1.165, 1.54) is 0 Å². The Morgan fingerprint density at radius 1 is 1.04 bits per heavy atom. The zero-order chi connectivity index (χ0) is 16.1. The van der Waals surface area contributed by atoms with E-state index in [2.05, 4.69) is 29.4 Å². The summed E-state index contributed by atoms with van der Waals surface area (Å²) in [6, 6.07) is 18.1. The van der Waals surface area contributed by atoms with Crippen LogP contribution in [-0.2, 0) is 9.09 Å². The van der Waals surface area contributed by atoms with Gasteiger partial charge in [-0.05, 0) is 29.7 Å². The molecule has 23 heavy (non-hydrogen) atoms. The first-order chi connectivity index (χ1) is 11.2. The smallest absolute Gasteiger partial charge is 0.302 e. The number of benzene rings is 2. The Kier molecular flexibility index (Phi) is 4.97. The first kappa shape index (κ1) is 16.0. The van der Waals surface area contributed by atoms with Gasteiger partial charge in [0.2, 0.25) is 0 Å². The first-order valence-electron chi connectivity index (χ1n) is 7.74. The van der Waals surface area contributed by atoms with Crippen LogP contribution in [0.5, 0.6) is 0 Å².